The zero-order chi connectivity index (χ0) is 23.8. The quantitative estimate of drug-likeness (QED) is 0.419. The summed E-state index contributed by atoms with van der Waals surface area (Å²) in [5.41, 5.74) is 0.152. The third kappa shape index (κ3) is 5.90. The molecule has 0 aromatic carbocycles. The lowest BCUT2D eigenvalue weighted by molar-refractivity contribution is 0.0201. The van der Waals surface area contributed by atoms with E-state index in [4.69, 9.17) is 14.5 Å². The predicted molar refractivity (Wildman–Crippen MR) is 128 cm³/mol. The molecule has 0 aliphatic carbocycles. The topological polar surface area (TPSA) is 93.9 Å². The number of fused-ring (bicyclic) bond motifs is 1. The Hall–Kier alpha value is -1.91. The molecule has 3 heterocycles. The number of rotatable bonds is 7. The zero-order valence-electron chi connectivity index (χ0n) is 20.1. The Kier molecular flexibility index (Phi) is 7.07. The van der Waals surface area contributed by atoms with Gasteiger partial charge in [-0.2, -0.15) is 0 Å². The van der Waals surface area contributed by atoms with Crippen molar-refractivity contribution in [2.45, 2.75) is 78.2 Å². The van der Waals surface area contributed by atoms with Crippen LogP contribution in [-0.2, 0) is 16.2 Å². The molecule has 32 heavy (non-hydrogen) atoms. The number of likely N-dealkylation sites (tertiary alicyclic amines) is 1. The van der Waals surface area contributed by atoms with E-state index >= 15 is 0 Å². The van der Waals surface area contributed by atoms with Crippen LogP contribution in [0.4, 0.5) is 4.79 Å². The van der Waals surface area contributed by atoms with Gasteiger partial charge < -0.3 is 19.1 Å². The van der Waals surface area contributed by atoms with Gasteiger partial charge in [-0.15, -0.1) is 11.3 Å². The van der Waals surface area contributed by atoms with Gasteiger partial charge in [0.05, 0.1) is 11.6 Å². The van der Waals surface area contributed by atoms with Crippen LogP contribution in [0.15, 0.2) is 6.07 Å². The summed E-state index contributed by atoms with van der Waals surface area (Å²) in [5, 5.41) is 9.41. The minimum atomic E-state index is -1.24. The molecule has 10 heteroatoms. The third-order valence-electron chi connectivity index (χ3n) is 5.34. The Bertz CT molecular complexity index is 988. The van der Waals surface area contributed by atoms with E-state index in [0.29, 0.717) is 23.9 Å². The highest BCUT2D eigenvalue weighted by Crippen LogP contribution is 2.38. The number of aromatic carboxylic acids is 1. The zero-order valence-corrected chi connectivity index (χ0v) is 21.9. The van der Waals surface area contributed by atoms with Gasteiger partial charge in [0, 0.05) is 21.2 Å². The van der Waals surface area contributed by atoms with Crippen molar-refractivity contribution < 1.29 is 24.2 Å². The number of nitrogens with zero attached hydrogens (tertiary/aromatic N) is 3. The van der Waals surface area contributed by atoms with Gasteiger partial charge in [0.15, 0.2) is 0 Å². The molecule has 1 aliphatic rings. The highest BCUT2D eigenvalue weighted by atomic mass is 32.1. The number of carbonyl (C=O) groups excluding carboxylic acids is 1. The van der Waals surface area contributed by atoms with Crippen LogP contribution in [0.2, 0.25) is 25.7 Å². The second kappa shape index (κ2) is 9.15. The lowest BCUT2D eigenvalue weighted by atomic mass is 10.1. The Morgan fingerprint density at radius 1 is 1.31 bits per heavy atom. The van der Waals surface area contributed by atoms with Crippen molar-refractivity contribution in [1.29, 1.82) is 0 Å². The molecule has 0 radical (unpaired) electrons. The Balaban J connectivity index is 1.93. The van der Waals surface area contributed by atoms with Crippen molar-refractivity contribution in [3.63, 3.8) is 0 Å². The van der Waals surface area contributed by atoms with Gasteiger partial charge in [0.1, 0.15) is 27.9 Å². The van der Waals surface area contributed by atoms with Crippen LogP contribution in [0.3, 0.4) is 0 Å². The number of aromatic nitrogens is 2. The first-order chi connectivity index (χ1) is 14.7. The molecule has 0 bridgehead atoms. The maximum absolute atomic E-state index is 12.9. The molecule has 178 valence electrons. The molecule has 2 aromatic rings. The van der Waals surface area contributed by atoms with E-state index in [1.165, 1.54) is 0 Å². The summed E-state index contributed by atoms with van der Waals surface area (Å²) in [4.78, 5) is 31.8. The number of carboxylic acid groups (broad SMARTS) is 1. The van der Waals surface area contributed by atoms with Gasteiger partial charge >= 0.3 is 12.1 Å². The second-order valence-corrected chi connectivity index (χ2v) is 17.5. The van der Waals surface area contributed by atoms with Gasteiger partial charge in [-0.25, -0.2) is 14.6 Å². The van der Waals surface area contributed by atoms with Crippen LogP contribution >= 0.6 is 11.3 Å². The summed E-state index contributed by atoms with van der Waals surface area (Å²) < 4.78 is 13.6. The molecule has 1 N–H and O–H groups in total. The smallest absolute Gasteiger partial charge is 0.410 e. The summed E-state index contributed by atoms with van der Waals surface area (Å²) >= 11 is 1.15. The number of thiophene rings is 1. The SMILES string of the molecule is C[C@H]1C[C@@H](c2nc3sc(C(=O)O)cc3n2COCC[Si](C)(C)C)N(C(=O)OC(C)(C)C)C1. The molecule has 0 saturated carbocycles. The molecule has 2 aromatic heterocycles. The predicted octanol–water partition coefficient (Wildman–Crippen LogP) is 5.43. The molecule has 8 nitrogen and oxygen atoms in total. The van der Waals surface area contributed by atoms with E-state index in [1.807, 2.05) is 25.3 Å². The molecule has 0 spiro atoms. The molecule has 2 atom stereocenters. The standard InChI is InChI=1S/C22H35N3O5SSi/c1-14-10-15(24(12-14)21(28)30-22(2,3)4)18-23-19-16(11-17(31-19)20(26)27)25(18)13-29-8-9-32(5,6)7/h11,14-15H,8-10,12-13H2,1-7H3,(H,26,27)/t14-,15-/m0/s1. The lowest BCUT2D eigenvalue weighted by Gasteiger charge is -2.28. The van der Waals surface area contributed by atoms with Crippen LogP contribution in [0.25, 0.3) is 10.3 Å². The number of hydrogen-bond acceptors (Lipinski definition) is 6. The summed E-state index contributed by atoms with van der Waals surface area (Å²) in [7, 11) is -1.24. The van der Waals surface area contributed by atoms with E-state index in [-0.39, 0.29) is 23.7 Å². The number of ether oxygens (including phenoxy) is 2. The Labute approximate surface area is 194 Å². The average Bonchev–Trinajstić information content (AvgIpc) is 3.28. The van der Waals surface area contributed by atoms with Crippen molar-refractivity contribution in [3.8, 4) is 0 Å². The fourth-order valence-electron chi connectivity index (χ4n) is 3.78. The van der Waals surface area contributed by atoms with Gasteiger partial charge in [0.2, 0.25) is 0 Å². The number of imidazole rings is 1. The third-order valence-corrected chi connectivity index (χ3v) is 8.05. The highest BCUT2D eigenvalue weighted by molar-refractivity contribution is 7.20. The normalized spacial score (nSPS) is 19.7. The van der Waals surface area contributed by atoms with Crippen molar-refractivity contribution in [2.75, 3.05) is 13.2 Å². The van der Waals surface area contributed by atoms with E-state index in [2.05, 4.69) is 26.6 Å². The summed E-state index contributed by atoms with van der Waals surface area (Å²) in [6.07, 6.45) is 0.417. The fourth-order valence-corrected chi connectivity index (χ4v) is 5.41. The lowest BCUT2D eigenvalue weighted by Crippen LogP contribution is -2.37. The monoisotopic (exact) mass is 481 g/mol. The van der Waals surface area contributed by atoms with E-state index < -0.39 is 19.6 Å². The molecule has 0 unspecified atom stereocenters. The molecule has 1 amide bonds. The molecular formula is C22H35N3O5SSi. The summed E-state index contributed by atoms with van der Waals surface area (Å²) in [6.45, 7) is 16.1. The van der Waals surface area contributed by atoms with Crippen molar-refractivity contribution in [1.82, 2.24) is 14.5 Å². The van der Waals surface area contributed by atoms with Crippen molar-refractivity contribution in [2.24, 2.45) is 5.92 Å². The largest absolute Gasteiger partial charge is 0.477 e. The first-order valence-electron chi connectivity index (χ1n) is 11.1. The van der Waals surface area contributed by atoms with Crippen LogP contribution in [0, 0.1) is 5.92 Å². The summed E-state index contributed by atoms with van der Waals surface area (Å²) in [5.74, 6) is 0.0649. The van der Waals surface area contributed by atoms with E-state index in [0.717, 1.165) is 35.1 Å². The molecular weight excluding hydrogens is 446 g/mol. The number of carbonyl (C=O) groups is 2. The number of hydrogen-bond donors (Lipinski definition) is 1. The van der Waals surface area contributed by atoms with Gasteiger partial charge in [-0.1, -0.05) is 26.6 Å². The number of carboxylic acids is 1. The van der Waals surface area contributed by atoms with Crippen molar-refractivity contribution in [3.05, 3.63) is 16.8 Å². The molecule has 3 rings (SSSR count). The average molecular weight is 482 g/mol. The first-order valence-corrected chi connectivity index (χ1v) is 15.6. The van der Waals surface area contributed by atoms with Crippen LogP contribution < -0.4 is 0 Å². The Morgan fingerprint density at radius 3 is 2.59 bits per heavy atom. The minimum Gasteiger partial charge on any atom is -0.477 e. The second-order valence-electron chi connectivity index (χ2n) is 10.8. The van der Waals surface area contributed by atoms with Gasteiger partial charge in [0.25, 0.3) is 0 Å². The maximum Gasteiger partial charge on any atom is 0.410 e. The Morgan fingerprint density at radius 2 is 2.00 bits per heavy atom. The van der Waals surface area contributed by atoms with Crippen LogP contribution in [0.1, 0.15) is 55.7 Å². The molecule has 1 saturated heterocycles. The van der Waals surface area contributed by atoms with E-state index in [9.17, 15) is 14.7 Å². The van der Waals surface area contributed by atoms with Gasteiger partial charge in [-0.3, -0.25) is 4.90 Å². The number of amides is 1. The van der Waals surface area contributed by atoms with E-state index in [1.54, 1.807) is 11.0 Å². The van der Waals surface area contributed by atoms with Crippen LogP contribution in [0.5, 0.6) is 0 Å². The first kappa shape index (κ1) is 24.7. The van der Waals surface area contributed by atoms with Crippen molar-refractivity contribution >= 4 is 41.8 Å². The fraction of sp³-hybridized carbons (Fsp3) is 0.682. The minimum absolute atomic E-state index is 0.242. The molecule has 1 fully saturated rings. The summed E-state index contributed by atoms with van der Waals surface area (Å²) in [6, 6.07) is 2.44. The molecule has 1 aliphatic heterocycles. The maximum atomic E-state index is 12.9. The van der Waals surface area contributed by atoms with Gasteiger partial charge in [-0.05, 0) is 45.2 Å². The van der Waals surface area contributed by atoms with Crippen LogP contribution in [-0.4, -0.2) is 58.4 Å². The highest BCUT2D eigenvalue weighted by Gasteiger charge is 2.39.